The van der Waals surface area contributed by atoms with Crippen LogP contribution in [0, 0.1) is 23.2 Å². The molecule has 10 rings (SSSR count). The Balaban J connectivity index is 0.000000167. The quantitative estimate of drug-likeness (QED) is 0.0382. The fourth-order valence-corrected chi connectivity index (χ4v) is 14.3. The molecule has 4 saturated carbocycles. The van der Waals surface area contributed by atoms with Crippen LogP contribution >= 0.6 is 0 Å². The van der Waals surface area contributed by atoms with Crippen molar-refractivity contribution >= 4 is 54.0 Å². The fourth-order valence-electron chi connectivity index (χ4n) is 9.39. The van der Waals surface area contributed by atoms with E-state index in [-0.39, 0.29) is 21.8 Å². The molecule has 4 bridgehead atoms. The molecular weight excluding hydrogens is 1120 g/mol. The van der Waals surface area contributed by atoms with Gasteiger partial charge < -0.3 is 13.8 Å². The summed E-state index contributed by atoms with van der Waals surface area (Å²) in [6.45, 7) is 0. The molecule has 4 aliphatic rings. The number of halogens is 11. The number of carbonyl (C=O) groups is 2. The highest BCUT2D eigenvalue weighted by Crippen LogP contribution is 2.60. The highest BCUT2D eigenvalue weighted by molar-refractivity contribution is 7.97. The number of carbonyl (C=O) groups excluding carboxylic acids is 2. The normalized spacial score (nSPS) is 19.4. The minimum Gasteiger partial charge on any atom is -0.743 e. The number of hydrogen-bond acceptors (Lipinski definition) is 9. The van der Waals surface area contributed by atoms with Crippen LogP contribution in [0.2, 0.25) is 0 Å². The monoisotopic (exact) mass is 1160 g/mol. The van der Waals surface area contributed by atoms with E-state index in [1.807, 2.05) is 0 Å². The SMILES string of the molecule is O=C(OC(=O)C(F)(F)S(=O)(=O)[O-])C12CC3CC(CC(C3)C1)C2.O=S(=O)([O-])C(F)(F)C(F)(F)C(F)(F)C(F)(F)F.c1ccc([S+](c2ccccc2)c2ccccc2)cc1.c1ccc([S+](c2ccccc2)c2ccccc2)cc1. The highest BCUT2D eigenvalue weighted by atomic mass is 32.2. The number of hydrogen-bond donors (Lipinski definition) is 0. The average Bonchev–Trinajstić information content (AvgIpc) is 3.47. The Morgan fingerprint density at radius 2 is 0.675 bits per heavy atom. The second-order valence-electron chi connectivity index (χ2n) is 18.0. The van der Waals surface area contributed by atoms with Gasteiger partial charge in [-0.15, -0.1) is 0 Å². The van der Waals surface area contributed by atoms with Gasteiger partial charge in [0.15, 0.2) is 49.6 Å². The summed E-state index contributed by atoms with van der Waals surface area (Å²) in [4.78, 5) is 31.6. The van der Waals surface area contributed by atoms with Crippen molar-refractivity contribution in [3.63, 3.8) is 0 Å². The van der Waals surface area contributed by atoms with E-state index in [4.69, 9.17) is 0 Å². The lowest BCUT2D eigenvalue weighted by Crippen LogP contribution is -2.63. The third-order valence-electron chi connectivity index (χ3n) is 12.5. The van der Waals surface area contributed by atoms with Gasteiger partial charge in [0.1, 0.15) is 0 Å². The first-order valence-electron chi connectivity index (χ1n) is 23.0. The molecule has 9 nitrogen and oxygen atoms in total. The number of esters is 2. The topological polar surface area (TPSA) is 158 Å². The molecule has 6 aromatic carbocycles. The molecule has 0 atom stereocenters. The lowest BCUT2D eigenvalue weighted by atomic mass is 9.49. The summed E-state index contributed by atoms with van der Waals surface area (Å²) >= 11 is 0. The summed E-state index contributed by atoms with van der Waals surface area (Å²) in [7, 11) is -13.7. The third-order valence-corrected chi connectivity index (χ3v) is 18.7. The van der Waals surface area contributed by atoms with Gasteiger partial charge >= 0.3 is 40.5 Å². The van der Waals surface area contributed by atoms with Crippen molar-refractivity contribution in [3.05, 3.63) is 182 Å². The van der Waals surface area contributed by atoms with Crippen LogP contribution in [0.1, 0.15) is 38.5 Å². The van der Waals surface area contributed by atoms with Crippen LogP contribution in [-0.2, 0) is 56.4 Å². The molecule has 77 heavy (non-hydrogen) atoms. The molecule has 0 saturated heterocycles. The van der Waals surface area contributed by atoms with Gasteiger partial charge in [-0.2, -0.15) is 48.3 Å². The minimum absolute atomic E-state index is 0.0146. The zero-order valence-electron chi connectivity index (χ0n) is 39.8. The summed E-state index contributed by atoms with van der Waals surface area (Å²) in [5.74, 6) is -17.6. The Labute approximate surface area is 442 Å². The van der Waals surface area contributed by atoms with Gasteiger partial charge in [-0.05, 0) is 129 Å². The molecule has 412 valence electrons. The Kier molecular flexibility index (Phi) is 18.9. The molecule has 0 aromatic heterocycles. The van der Waals surface area contributed by atoms with Gasteiger partial charge in [0.05, 0.1) is 27.2 Å². The summed E-state index contributed by atoms with van der Waals surface area (Å²) in [5.41, 5.74) is -0.979. The van der Waals surface area contributed by atoms with Crippen molar-refractivity contribution < 1.29 is 88.6 Å². The second kappa shape index (κ2) is 24.1. The lowest BCUT2D eigenvalue weighted by molar-refractivity contribution is -0.382. The number of benzene rings is 6. The van der Waals surface area contributed by atoms with Gasteiger partial charge in [-0.3, -0.25) is 4.79 Å². The van der Waals surface area contributed by atoms with Crippen molar-refractivity contribution in [1.82, 2.24) is 0 Å². The zero-order valence-corrected chi connectivity index (χ0v) is 43.0. The van der Waals surface area contributed by atoms with Gasteiger partial charge in [-0.25, -0.2) is 21.6 Å². The summed E-state index contributed by atoms with van der Waals surface area (Å²) in [6.07, 6.45) is -2.77. The molecule has 0 radical (unpaired) electrons. The first kappa shape index (κ1) is 60.4. The van der Waals surface area contributed by atoms with Gasteiger partial charge in [0.25, 0.3) is 0 Å². The average molecular weight is 1160 g/mol. The van der Waals surface area contributed by atoms with E-state index >= 15 is 0 Å². The number of ether oxygens (including phenoxy) is 1. The highest BCUT2D eigenvalue weighted by Gasteiger charge is 2.83. The molecule has 0 heterocycles. The molecule has 0 aliphatic heterocycles. The Morgan fingerprint density at radius 3 is 0.883 bits per heavy atom. The zero-order chi connectivity index (χ0) is 56.7. The third kappa shape index (κ3) is 13.7. The summed E-state index contributed by atoms with van der Waals surface area (Å²) in [6, 6.07) is 64.3. The van der Waals surface area contributed by atoms with E-state index in [0.29, 0.717) is 37.0 Å². The first-order valence-corrected chi connectivity index (χ1v) is 28.2. The van der Waals surface area contributed by atoms with Crippen LogP contribution < -0.4 is 0 Å². The lowest BCUT2D eigenvalue weighted by Gasteiger charge is -2.55. The molecule has 0 unspecified atom stereocenters. The molecule has 0 N–H and O–H groups in total. The molecular formula is C53H45F11O9S4. The molecule has 24 heteroatoms. The van der Waals surface area contributed by atoms with Crippen molar-refractivity contribution in [3.8, 4) is 0 Å². The van der Waals surface area contributed by atoms with E-state index in [1.165, 1.54) is 29.4 Å². The second-order valence-corrected chi connectivity index (χ2v) is 24.8. The Hall–Kier alpha value is -5.79. The molecule has 0 amide bonds. The van der Waals surface area contributed by atoms with E-state index < -0.39 is 66.1 Å². The molecule has 0 spiro atoms. The maximum atomic E-state index is 13.1. The van der Waals surface area contributed by atoms with Crippen LogP contribution in [0.15, 0.2) is 211 Å². The molecule has 4 aliphatic carbocycles. The number of alkyl halides is 11. The predicted molar refractivity (Wildman–Crippen MR) is 260 cm³/mol. The first-order chi connectivity index (χ1) is 35.9. The van der Waals surface area contributed by atoms with Gasteiger partial charge in [0, 0.05) is 0 Å². The fraction of sp³-hybridized carbons (Fsp3) is 0.283. The van der Waals surface area contributed by atoms with Crippen LogP contribution in [0.4, 0.5) is 48.3 Å². The minimum atomic E-state index is -7.43. The molecule has 6 aromatic rings. The van der Waals surface area contributed by atoms with Gasteiger partial charge in [0.2, 0.25) is 0 Å². The van der Waals surface area contributed by atoms with Crippen LogP contribution in [0.5, 0.6) is 0 Å². The smallest absolute Gasteiger partial charge is 0.460 e. The van der Waals surface area contributed by atoms with E-state index in [1.54, 1.807) is 0 Å². The van der Waals surface area contributed by atoms with Crippen molar-refractivity contribution in [2.24, 2.45) is 23.2 Å². The summed E-state index contributed by atoms with van der Waals surface area (Å²) in [5, 5.41) is -12.4. The van der Waals surface area contributed by atoms with Gasteiger partial charge in [-0.1, -0.05) is 109 Å². The Bertz CT molecular complexity index is 2790. The van der Waals surface area contributed by atoms with E-state index in [0.717, 1.165) is 19.3 Å². The van der Waals surface area contributed by atoms with Crippen molar-refractivity contribution in [1.29, 1.82) is 0 Å². The summed E-state index contributed by atoms with van der Waals surface area (Å²) < 4.78 is 197. The maximum absolute atomic E-state index is 13.1. The largest absolute Gasteiger partial charge is 0.743 e. The standard InChI is InChI=1S/2C18H15S.C13H16F2O6S.C4HF9O3S/c2*1-4-10-16(11-5-1)19(17-12-6-2-7-13-17)18-14-8-3-9-15-18;14-13(15,22(18,19)20)11(17)21-10(16)12-4-7-1-8(5-12)3-9(2-7)6-12;5-1(6,3(9,10)11)2(7,8)4(12,13)17(14,15)16/h2*1-15H;7-9H,1-6H2,(H,18,19,20);(H,14,15,16)/q2*+1;;/p-2. The predicted octanol–water partition coefficient (Wildman–Crippen LogP) is 12.9. The maximum Gasteiger partial charge on any atom is 0.460 e. The van der Waals surface area contributed by atoms with E-state index in [9.17, 15) is 83.8 Å². The van der Waals surface area contributed by atoms with Crippen molar-refractivity contribution in [2.75, 3.05) is 0 Å². The number of rotatable bonds is 12. The molecule has 4 fully saturated rings. The van der Waals surface area contributed by atoms with Crippen molar-refractivity contribution in [2.45, 2.75) is 96.4 Å². The van der Waals surface area contributed by atoms with E-state index in [2.05, 4.69) is 187 Å². The van der Waals surface area contributed by atoms with Crippen LogP contribution in [0.3, 0.4) is 0 Å². The Morgan fingerprint density at radius 1 is 0.429 bits per heavy atom. The van der Waals surface area contributed by atoms with Crippen LogP contribution in [0.25, 0.3) is 0 Å². The van der Waals surface area contributed by atoms with Crippen LogP contribution in [-0.4, -0.2) is 66.4 Å².